The smallest absolute Gasteiger partial charge is 0.341 e. The van der Waals surface area contributed by atoms with Crippen molar-refractivity contribution in [3.8, 4) is 5.88 Å². The van der Waals surface area contributed by atoms with Gasteiger partial charge in [-0.15, -0.1) is 4.91 Å². The Morgan fingerprint density at radius 1 is 1.44 bits per heavy atom. The Bertz CT molecular complexity index is 638. The monoisotopic (exact) mass is 288 g/mol. The van der Waals surface area contributed by atoms with Crippen LogP contribution in [0.3, 0.4) is 0 Å². The van der Waals surface area contributed by atoms with Gasteiger partial charge in [0, 0.05) is 5.39 Å². The van der Waals surface area contributed by atoms with Gasteiger partial charge in [-0.2, -0.15) is 0 Å². The third kappa shape index (κ3) is 2.12. The first-order valence-corrected chi connectivity index (χ1v) is 5.47. The van der Waals surface area contributed by atoms with Crippen LogP contribution in [-0.4, -0.2) is 22.7 Å². The molecule has 0 aliphatic rings. The number of nitrogens with one attached hydrogen (secondary N) is 1. The van der Waals surface area contributed by atoms with Gasteiger partial charge in [-0.3, -0.25) is 0 Å². The maximum Gasteiger partial charge on any atom is 0.341 e. The van der Waals surface area contributed by atoms with Crippen LogP contribution in [0.15, 0.2) is 17.3 Å². The van der Waals surface area contributed by atoms with Crippen LogP contribution in [0.4, 0.5) is 5.69 Å². The first kappa shape index (κ1) is 12.7. The van der Waals surface area contributed by atoms with E-state index in [1.165, 1.54) is 6.07 Å². The van der Waals surface area contributed by atoms with Gasteiger partial charge in [0.1, 0.15) is 0 Å². The second-order valence-corrected chi connectivity index (χ2v) is 4.15. The highest BCUT2D eigenvalue weighted by atomic mass is 35.5. The molecule has 1 aromatic carbocycles. The van der Waals surface area contributed by atoms with Crippen molar-refractivity contribution >= 4 is 45.8 Å². The summed E-state index contributed by atoms with van der Waals surface area (Å²) in [5.41, 5.74) is 0.337. The zero-order valence-electron chi connectivity index (χ0n) is 8.74. The van der Waals surface area contributed by atoms with Gasteiger partial charge in [-0.25, -0.2) is 4.79 Å². The molecule has 0 amide bonds. The molecular weight excluding hydrogens is 283 g/mol. The van der Waals surface area contributed by atoms with Crippen molar-refractivity contribution in [2.24, 2.45) is 5.18 Å². The summed E-state index contributed by atoms with van der Waals surface area (Å²) in [5, 5.41) is 12.3. The molecule has 2 N–H and O–H groups in total. The van der Waals surface area contributed by atoms with E-state index in [-0.39, 0.29) is 16.6 Å². The number of nitrogens with zero attached hydrogens (tertiary/aromatic N) is 1. The van der Waals surface area contributed by atoms with Crippen LogP contribution in [0.25, 0.3) is 10.9 Å². The van der Waals surface area contributed by atoms with E-state index in [4.69, 9.17) is 33.0 Å². The largest absolute Gasteiger partial charge is 0.479 e. The number of carboxylic acid groups (broad SMARTS) is 1. The van der Waals surface area contributed by atoms with Gasteiger partial charge in [0.15, 0.2) is 12.3 Å². The van der Waals surface area contributed by atoms with Crippen LogP contribution >= 0.6 is 23.2 Å². The summed E-state index contributed by atoms with van der Waals surface area (Å²) in [6, 6.07) is 3.06. The molecular formula is C10H6Cl2N2O4. The van der Waals surface area contributed by atoms with Gasteiger partial charge in [-0.05, 0) is 17.3 Å². The molecule has 0 radical (unpaired) electrons. The summed E-state index contributed by atoms with van der Waals surface area (Å²) in [6.07, 6.45) is 0. The lowest BCUT2D eigenvalue weighted by atomic mass is 10.2. The Labute approximate surface area is 110 Å². The number of carbonyl (C=O) groups is 1. The third-order valence-electron chi connectivity index (χ3n) is 2.23. The molecule has 0 atom stereocenters. The quantitative estimate of drug-likeness (QED) is 0.844. The minimum atomic E-state index is -1.17. The molecule has 0 bridgehead atoms. The van der Waals surface area contributed by atoms with Crippen molar-refractivity contribution in [3.05, 3.63) is 27.1 Å². The molecule has 0 fully saturated rings. The molecule has 0 spiro atoms. The number of aromatic nitrogens is 1. The highest BCUT2D eigenvalue weighted by Crippen LogP contribution is 2.41. The van der Waals surface area contributed by atoms with Crippen LogP contribution in [0.2, 0.25) is 10.0 Å². The lowest BCUT2D eigenvalue weighted by molar-refractivity contribution is -0.139. The summed E-state index contributed by atoms with van der Waals surface area (Å²) in [7, 11) is 0. The zero-order chi connectivity index (χ0) is 13.3. The molecule has 0 aliphatic carbocycles. The number of H-pyrrole nitrogens is 1. The summed E-state index contributed by atoms with van der Waals surface area (Å²) < 4.78 is 4.92. The van der Waals surface area contributed by atoms with Crippen LogP contribution in [0.1, 0.15) is 0 Å². The van der Waals surface area contributed by atoms with Gasteiger partial charge in [0.2, 0.25) is 5.88 Å². The summed E-state index contributed by atoms with van der Waals surface area (Å²) >= 11 is 11.8. The Hall–Kier alpha value is -1.79. The van der Waals surface area contributed by atoms with E-state index in [1.54, 1.807) is 6.07 Å². The number of aliphatic carboxylic acids is 1. The zero-order valence-corrected chi connectivity index (χ0v) is 10.2. The highest BCUT2D eigenvalue weighted by molar-refractivity contribution is 6.45. The normalized spacial score (nSPS) is 10.6. The molecule has 2 aromatic rings. The second-order valence-electron chi connectivity index (χ2n) is 3.36. The minimum absolute atomic E-state index is 0.0372. The molecule has 8 heteroatoms. The Balaban J connectivity index is 2.57. The predicted octanol–water partition coefficient (Wildman–Crippen LogP) is 3.34. The molecule has 0 saturated heterocycles. The van der Waals surface area contributed by atoms with Gasteiger partial charge in [0.25, 0.3) is 0 Å². The molecule has 6 nitrogen and oxygen atoms in total. The van der Waals surface area contributed by atoms with E-state index in [9.17, 15) is 9.70 Å². The number of fused-ring (bicyclic) bond motifs is 1. The fraction of sp³-hybridized carbons (Fsp3) is 0.100. The maximum absolute atomic E-state index is 10.8. The molecule has 2 rings (SSSR count). The van der Waals surface area contributed by atoms with Gasteiger partial charge >= 0.3 is 5.97 Å². The molecule has 0 aliphatic heterocycles. The average molecular weight is 289 g/mol. The molecule has 18 heavy (non-hydrogen) atoms. The first-order chi connectivity index (χ1) is 8.54. The van der Waals surface area contributed by atoms with E-state index in [0.29, 0.717) is 15.9 Å². The Morgan fingerprint density at radius 3 is 2.78 bits per heavy atom. The van der Waals surface area contributed by atoms with Crippen LogP contribution in [-0.2, 0) is 4.79 Å². The number of halogens is 2. The molecule has 0 saturated carbocycles. The maximum atomic E-state index is 10.8. The molecule has 94 valence electrons. The number of nitroso groups, excluding NO2 is 1. The van der Waals surface area contributed by atoms with E-state index >= 15 is 0 Å². The molecule has 1 heterocycles. The number of ether oxygens (including phenoxy) is 1. The van der Waals surface area contributed by atoms with E-state index < -0.39 is 12.6 Å². The fourth-order valence-electron chi connectivity index (χ4n) is 1.49. The number of carboxylic acids is 1. The number of hydrogen-bond acceptors (Lipinski definition) is 4. The summed E-state index contributed by atoms with van der Waals surface area (Å²) in [5.74, 6) is -1.22. The number of aromatic amines is 1. The topological polar surface area (TPSA) is 91.8 Å². The predicted molar refractivity (Wildman–Crippen MR) is 66.9 cm³/mol. The standard InChI is InChI=1S/C10H6Cl2N2O4/c11-5-2-1-4-8(7(5)12)13-10(9(4)14-17)18-3-6(15)16/h1-2,13H,3H2,(H,15,16). The number of hydrogen-bond donors (Lipinski definition) is 2. The van der Waals surface area contributed by atoms with Gasteiger partial charge in [-0.1, -0.05) is 23.2 Å². The van der Waals surface area contributed by atoms with Crippen molar-refractivity contribution in [1.29, 1.82) is 0 Å². The highest BCUT2D eigenvalue weighted by Gasteiger charge is 2.17. The Morgan fingerprint density at radius 2 is 2.17 bits per heavy atom. The average Bonchev–Trinajstić information content (AvgIpc) is 2.69. The van der Waals surface area contributed by atoms with Crippen LogP contribution < -0.4 is 4.74 Å². The van der Waals surface area contributed by atoms with Crippen molar-refractivity contribution in [1.82, 2.24) is 4.98 Å². The number of benzene rings is 1. The van der Waals surface area contributed by atoms with E-state index in [2.05, 4.69) is 10.2 Å². The van der Waals surface area contributed by atoms with E-state index in [1.807, 2.05) is 0 Å². The lowest BCUT2D eigenvalue weighted by Gasteiger charge is -1.98. The van der Waals surface area contributed by atoms with Crippen LogP contribution in [0.5, 0.6) is 5.88 Å². The fourth-order valence-corrected chi connectivity index (χ4v) is 1.86. The summed E-state index contributed by atoms with van der Waals surface area (Å²) in [6.45, 7) is -0.597. The third-order valence-corrected chi connectivity index (χ3v) is 3.04. The van der Waals surface area contributed by atoms with E-state index in [0.717, 1.165) is 0 Å². The van der Waals surface area contributed by atoms with Crippen LogP contribution in [0, 0.1) is 4.91 Å². The van der Waals surface area contributed by atoms with Crippen molar-refractivity contribution in [2.75, 3.05) is 6.61 Å². The van der Waals surface area contributed by atoms with Crippen molar-refractivity contribution in [2.45, 2.75) is 0 Å². The summed E-state index contributed by atoms with van der Waals surface area (Å²) in [4.78, 5) is 23.9. The van der Waals surface area contributed by atoms with Crippen molar-refractivity contribution < 1.29 is 14.6 Å². The first-order valence-electron chi connectivity index (χ1n) is 4.72. The minimum Gasteiger partial charge on any atom is -0.479 e. The Kier molecular flexibility index (Phi) is 3.40. The molecule has 0 unspecified atom stereocenters. The lowest BCUT2D eigenvalue weighted by Crippen LogP contribution is -2.09. The second kappa shape index (κ2) is 4.83. The van der Waals surface area contributed by atoms with Gasteiger partial charge in [0.05, 0.1) is 15.6 Å². The SMILES string of the molecule is O=Nc1c(OCC(=O)O)[nH]c2c(Cl)c(Cl)ccc12. The van der Waals surface area contributed by atoms with Crippen molar-refractivity contribution in [3.63, 3.8) is 0 Å². The van der Waals surface area contributed by atoms with Gasteiger partial charge < -0.3 is 14.8 Å². The number of rotatable bonds is 4. The molecule has 1 aromatic heterocycles.